The SMILES string of the molecule is CCNCC1CCN(C(=O)c2ccc(C#N)cn2)CC1. The molecular weight excluding hydrogens is 252 g/mol. The molecule has 1 saturated heterocycles. The molecule has 1 aliphatic rings. The van der Waals surface area contributed by atoms with E-state index >= 15 is 0 Å². The number of rotatable bonds is 4. The van der Waals surface area contributed by atoms with Gasteiger partial charge in [-0.2, -0.15) is 5.26 Å². The summed E-state index contributed by atoms with van der Waals surface area (Å²) in [6, 6.07) is 5.27. The number of amides is 1. The van der Waals surface area contributed by atoms with Crippen LogP contribution in [-0.4, -0.2) is 42.0 Å². The normalized spacial score (nSPS) is 15.9. The number of carbonyl (C=O) groups is 1. The molecule has 0 aliphatic carbocycles. The summed E-state index contributed by atoms with van der Waals surface area (Å²) in [6.45, 7) is 5.71. The summed E-state index contributed by atoms with van der Waals surface area (Å²) in [4.78, 5) is 18.2. The number of pyridine rings is 1. The Morgan fingerprint density at radius 2 is 2.25 bits per heavy atom. The highest BCUT2D eigenvalue weighted by Gasteiger charge is 2.23. The highest BCUT2D eigenvalue weighted by atomic mass is 16.2. The second kappa shape index (κ2) is 7.01. The van der Waals surface area contributed by atoms with E-state index in [0.717, 1.165) is 39.0 Å². The fourth-order valence-electron chi connectivity index (χ4n) is 2.44. The third kappa shape index (κ3) is 3.55. The highest BCUT2D eigenvalue weighted by molar-refractivity contribution is 5.92. The zero-order valence-corrected chi connectivity index (χ0v) is 11.8. The number of hydrogen-bond donors (Lipinski definition) is 1. The number of piperidine rings is 1. The van der Waals surface area contributed by atoms with Crippen molar-refractivity contribution in [2.45, 2.75) is 19.8 Å². The van der Waals surface area contributed by atoms with Crippen LogP contribution in [0.4, 0.5) is 0 Å². The molecule has 1 aromatic rings. The first kappa shape index (κ1) is 14.5. The fraction of sp³-hybridized carbons (Fsp3) is 0.533. The van der Waals surface area contributed by atoms with Crippen LogP contribution < -0.4 is 5.32 Å². The molecule has 1 N–H and O–H groups in total. The molecule has 2 rings (SSSR count). The quantitative estimate of drug-likeness (QED) is 0.900. The summed E-state index contributed by atoms with van der Waals surface area (Å²) >= 11 is 0. The predicted molar refractivity (Wildman–Crippen MR) is 76.1 cm³/mol. The van der Waals surface area contributed by atoms with E-state index in [4.69, 9.17) is 5.26 Å². The van der Waals surface area contributed by atoms with Gasteiger partial charge in [0.25, 0.3) is 5.91 Å². The maximum absolute atomic E-state index is 12.3. The molecule has 1 fully saturated rings. The molecule has 0 aromatic carbocycles. The lowest BCUT2D eigenvalue weighted by Gasteiger charge is -2.31. The molecule has 0 unspecified atom stereocenters. The Balaban J connectivity index is 1.89. The topological polar surface area (TPSA) is 69.0 Å². The maximum Gasteiger partial charge on any atom is 0.272 e. The highest BCUT2D eigenvalue weighted by Crippen LogP contribution is 2.18. The standard InChI is InChI=1S/C15H20N4O/c1-2-17-10-12-5-7-19(8-6-12)15(20)14-4-3-13(9-16)11-18-14/h3-4,11-12,17H,2,5-8,10H2,1H3. The lowest BCUT2D eigenvalue weighted by Crippen LogP contribution is -2.41. The lowest BCUT2D eigenvalue weighted by atomic mass is 9.96. The minimum Gasteiger partial charge on any atom is -0.337 e. The van der Waals surface area contributed by atoms with Crippen LogP contribution in [0.5, 0.6) is 0 Å². The number of carbonyl (C=O) groups excluding carboxylic acids is 1. The molecular formula is C15H20N4O. The molecule has 5 nitrogen and oxygen atoms in total. The van der Waals surface area contributed by atoms with Crippen LogP contribution in [0, 0.1) is 17.2 Å². The molecule has 20 heavy (non-hydrogen) atoms. The maximum atomic E-state index is 12.3. The summed E-state index contributed by atoms with van der Waals surface area (Å²) in [5.74, 6) is 0.629. The van der Waals surface area contributed by atoms with Gasteiger partial charge in [-0.25, -0.2) is 4.98 Å². The molecule has 0 spiro atoms. The van der Waals surface area contributed by atoms with Gasteiger partial charge < -0.3 is 10.2 Å². The van der Waals surface area contributed by atoms with E-state index < -0.39 is 0 Å². The average Bonchev–Trinajstić information content (AvgIpc) is 2.53. The minimum absolute atomic E-state index is 0.0311. The van der Waals surface area contributed by atoms with Gasteiger partial charge in [-0.3, -0.25) is 4.79 Å². The van der Waals surface area contributed by atoms with Crippen LogP contribution in [0.2, 0.25) is 0 Å². The van der Waals surface area contributed by atoms with Crippen molar-refractivity contribution in [2.24, 2.45) is 5.92 Å². The minimum atomic E-state index is -0.0311. The predicted octanol–water partition coefficient (Wildman–Crippen LogP) is 1.41. The molecule has 0 atom stereocenters. The van der Waals surface area contributed by atoms with E-state index in [-0.39, 0.29) is 5.91 Å². The van der Waals surface area contributed by atoms with E-state index in [1.165, 1.54) is 6.20 Å². The Kier molecular flexibility index (Phi) is 5.08. The molecule has 0 bridgehead atoms. The van der Waals surface area contributed by atoms with Crippen molar-refractivity contribution in [2.75, 3.05) is 26.2 Å². The van der Waals surface area contributed by atoms with E-state index in [0.29, 0.717) is 17.2 Å². The summed E-state index contributed by atoms with van der Waals surface area (Å²) in [6.07, 6.45) is 3.52. The first-order chi connectivity index (χ1) is 9.74. The van der Waals surface area contributed by atoms with Gasteiger partial charge in [0.15, 0.2) is 0 Å². The number of nitriles is 1. The van der Waals surface area contributed by atoms with Crippen molar-refractivity contribution >= 4 is 5.91 Å². The van der Waals surface area contributed by atoms with Gasteiger partial charge in [0.05, 0.1) is 5.56 Å². The van der Waals surface area contributed by atoms with Gasteiger partial charge in [0.1, 0.15) is 11.8 Å². The summed E-state index contributed by atoms with van der Waals surface area (Å²) in [5, 5.41) is 12.1. The third-order valence-corrected chi connectivity index (χ3v) is 3.70. The Hall–Kier alpha value is -1.93. The van der Waals surface area contributed by atoms with Gasteiger partial charge >= 0.3 is 0 Å². The molecule has 0 saturated carbocycles. The lowest BCUT2D eigenvalue weighted by molar-refractivity contribution is 0.0684. The molecule has 1 aliphatic heterocycles. The largest absolute Gasteiger partial charge is 0.337 e. The van der Waals surface area contributed by atoms with Crippen molar-refractivity contribution in [1.82, 2.24) is 15.2 Å². The number of aromatic nitrogens is 1. The van der Waals surface area contributed by atoms with E-state index in [1.807, 2.05) is 11.0 Å². The zero-order valence-electron chi connectivity index (χ0n) is 11.8. The van der Waals surface area contributed by atoms with Gasteiger partial charge in [-0.05, 0) is 44.0 Å². The molecule has 106 valence electrons. The van der Waals surface area contributed by atoms with Crippen LogP contribution in [0.25, 0.3) is 0 Å². The van der Waals surface area contributed by atoms with Gasteiger partial charge in [-0.15, -0.1) is 0 Å². The summed E-state index contributed by atoms with van der Waals surface area (Å²) < 4.78 is 0. The van der Waals surface area contributed by atoms with E-state index in [2.05, 4.69) is 17.2 Å². The molecule has 1 aromatic heterocycles. The second-order valence-corrected chi connectivity index (χ2v) is 5.09. The van der Waals surface area contributed by atoms with Crippen LogP contribution >= 0.6 is 0 Å². The fourth-order valence-corrected chi connectivity index (χ4v) is 2.44. The third-order valence-electron chi connectivity index (χ3n) is 3.70. The van der Waals surface area contributed by atoms with Gasteiger partial charge in [-0.1, -0.05) is 6.92 Å². The van der Waals surface area contributed by atoms with E-state index in [9.17, 15) is 4.79 Å². The van der Waals surface area contributed by atoms with Crippen molar-refractivity contribution in [1.29, 1.82) is 5.26 Å². The van der Waals surface area contributed by atoms with Crippen LogP contribution in [0.3, 0.4) is 0 Å². The van der Waals surface area contributed by atoms with Crippen molar-refractivity contribution in [3.63, 3.8) is 0 Å². The van der Waals surface area contributed by atoms with Crippen LogP contribution in [0.1, 0.15) is 35.8 Å². The van der Waals surface area contributed by atoms with Crippen molar-refractivity contribution < 1.29 is 4.79 Å². The Labute approximate surface area is 119 Å². The number of hydrogen-bond acceptors (Lipinski definition) is 4. The Morgan fingerprint density at radius 3 is 2.80 bits per heavy atom. The monoisotopic (exact) mass is 272 g/mol. The van der Waals surface area contributed by atoms with Gasteiger partial charge in [0.2, 0.25) is 0 Å². The van der Waals surface area contributed by atoms with Crippen molar-refractivity contribution in [3.05, 3.63) is 29.6 Å². The zero-order chi connectivity index (χ0) is 14.4. The first-order valence-electron chi connectivity index (χ1n) is 7.10. The smallest absolute Gasteiger partial charge is 0.272 e. The number of likely N-dealkylation sites (tertiary alicyclic amines) is 1. The molecule has 0 radical (unpaired) electrons. The Bertz CT molecular complexity index is 484. The number of nitrogens with one attached hydrogen (secondary N) is 1. The van der Waals surface area contributed by atoms with Crippen LogP contribution in [0.15, 0.2) is 18.3 Å². The summed E-state index contributed by atoms with van der Waals surface area (Å²) in [7, 11) is 0. The van der Waals surface area contributed by atoms with Gasteiger partial charge in [0, 0.05) is 19.3 Å². The molecule has 1 amide bonds. The average molecular weight is 272 g/mol. The Morgan fingerprint density at radius 1 is 1.50 bits per heavy atom. The summed E-state index contributed by atoms with van der Waals surface area (Å²) in [5.41, 5.74) is 0.903. The second-order valence-electron chi connectivity index (χ2n) is 5.09. The molecule has 5 heteroatoms. The molecule has 2 heterocycles. The number of nitrogens with zero attached hydrogens (tertiary/aromatic N) is 3. The van der Waals surface area contributed by atoms with Crippen molar-refractivity contribution in [3.8, 4) is 6.07 Å². The van der Waals surface area contributed by atoms with Crippen LogP contribution in [-0.2, 0) is 0 Å². The van der Waals surface area contributed by atoms with E-state index in [1.54, 1.807) is 12.1 Å². The first-order valence-corrected chi connectivity index (χ1v) is 7.10.